The number of halogens is 1. The summed E-state index contributed by atoms with van der Waals surface area (Å²) >= 11 is 5.86. The van der Waals surface area contributed by atoms with E-state index in [1.54, 1.807) is 43.3 Å². The molecule has 7 heteroatoms. The topological polar surface area (TPSA) is 76.3 Å². The Morgan fingerprint density at radius 1 is 1.12 bits per heavy atom. The molecular formula is C18H15ClN4O2. The molecule has 1 heterocycles. The van der Waals surface area contributed by atoms with Gasteiger partial charge in [0.05, 0.1) is 11.1 Å². The van der Waals surface area contributed by atoms with Gasteiger partial charge in [-0.3, -0.25) is 9.59 Å². The second-order valence-electron chi connectivity index (χ2n) is 5.47. The molecule has 0 aliphatic heterocycles. The SMILES string of the molecule is C/C(=N/NC(=O)c1nn(C)c(=O)c2ccccc12)c1ccc(Cl)cc1. The second-order valence-corrected chi connectivity index (χ2v) is 5.90. The van der Waals surface area contributed by atoms with Crippen molar-refractivity contribution in [3.05, 3.63) is 75.2 Å². The third-order valence-corrected chi connectivity index (χ3v) is 4.01. The van der Waals surface area contributed by atoms with E-state index in [0.717, 1.165) is 10.2 Å². The molecule has 6 nitrogen and oxygen atoms in total. The molecule has 1 N–H and O–H groups in total. The lowest BCUT2D eigenvalue weighted by molar-refractivity contribution is 0.0949. The van der Waals surface area contributed by atoms with E-state index in [4.69, 9.17) is 11.6 Å². The maximum absolute atomic E-state index is 12.5. The number of hydrogen-bond acceptors (Lipinski definition) is 4. The van der Waals surface area contributed by atoms with Crippen molar-refractivity contribution in [2.45, 2.75) is 6.92 Å². The van der Waals surface area contributed by atoms with Crippen LogP contribution in [0.2, 0.25) is 5.02 Å². The predicted molar refractivity (Wildman–Crippen MR) is 98.1 cm³/mol. The molecule has 2 aromatic carbocycles. The summed E-state index contributed by atoms with van der Waals surface area (Å²) in [6.45, 7) is 1.77. The average Bonchev–Trinajstić information content (AvgIpc) is 2.63. The van der Waals surface area contributed by atoms with Crippen LogP contribution in [0, 0.1) is 0 Å². The molecule has 3 rings (SSSR count). The summed E-state index contributed by atoms with van der Waals surface area (Å²) in [6.07, 6.45) is 0. The Balaban J connectivity index is 1.93. The number of hydrazone groups is 1. The zero-order valence-corrected chi connectivity index (χ0v) is 14.4. The molecule has 0 fully saturated rings. The van der Waals surface area contributed by atoms with Crippen molar-refractivity contribution in [3.8, 4) is 0 Å². The molecular weight excluding hydrogens is 340 g/mol. The Morgan fingerprint density at radius 2 is 1.76 bits per heavy atom. The van der Waals surface area contributed by atoms with Gasteiger partial charge < -0.3 is 0 Å². The van der Waals surface area contributed by atoms with Gasteiger partial charge in [-0.15, -0.1) is 0 Å². The number of hydrogen-bond donors (Lipinski definition) is 1. The number of amides is 1. The Morgan fingerprint density at radius 3 is 2.44 bits per heavy atom. The van der Waals surface area contributed by atoms with Crippen LogP contribution in [0.3, 0.4) is 0 Å². The molecule has 0 saturated heterocycles. The van der Waals surface area contributed by atoms with E-state index in [-0.39, 0.29) is 11.3 Å². The first kappa shape index (κ1) is 16.9. The largest absolute Gasteiger partial charge is 0.292 e. The number of aryl methyl sites for hydroxylation is 1. The van der Waals surface area contributed by atoms with Gasteiger partial charge in [-0.1, -0.05) is 41.9 Å². The quantitative estimate of drug-likeness (QED) is 0.580. The summed E-state index contributed by atoms with van der Waals surface area (Å²) in [5.74, 6) is -0.486. The van der Waals surface area contributed by atoms with E-state index in [1.165, 1.54) is 7.05 Å². The van der Waals surface area contributed by atoms with Crippen molar-refractivity contribution < 1.29 is 4.79 Å². The number of rotatable bonds is 3. The summed E-state index contributed by atoms with van der Waals surface area (Å²) < 4.78 is 1.15. The van der Waals surface area contributed by atoms with Crippen LogP contribution in [-0.2, 0) is 7.05 Å². The smallest absolute Gasteiger partial charge is 0.267 e. The molecule has 25 heavy (non-hydrogen) atoms. The summed E-state index contributed by atoms with van der Waals surface area (Å²) in [4.78, 5) is 24.6. The third-order valence-electron chi connectivity index (χ3n) is 3.76. The summed E-state index contributed by atoms with van der Waals surface area (Å²) in [7, 11) is 1.51. The number of nitrogens with one attached hydrogen (secondary N) is 1. The van der Waals surface area contributed by atoms with E-state index in [2.05, 4.69) is 15.6 Å². The minimum absolute atomic E-state index is 0.144. The molecule has 0 aliphatic rings. The van der Waals surface area contributed by atoms with Crippen LogP contribution in [0.15, 0.2) is 58.4 Å². The van der Waals surface area contributed by atoms with Gasteiger partial charge in [-0.2, -0.15) is 10.2 Å². The van der Waals surface area contributed by atoms with Crippen molar-refractivity contribution in [2.75, 3.05) is 0 Å². The van der Waals surface area contributed by atoms with E-state index < -0.39 is 5.91 Å². The van der Waals surface area contributed by atoms with Gasteiger partial charge in [0.1, 0.15) is 0 Å². The molecule has 0 unspecified atom stereocenters. The number of fused-ring (bicyclic) bond motifs is 1. The first-order chi connectivity index (χ1) is 12.0. The lowest BCUT2D eigenvalue weighted by Gasteiger charge is -2.07. The van der Waals surface area contributed by atoms with Crippen LogP contribution in [0.4, 0.5) is 0 Å². The van der Waals surface area contributed by atoms with Gasteiger partial charge in [-0.05, 0) is 30.7 Å². The van der Waals surface area contributed by atoms with Gasteiger partial charge >= 0.3 is 0 Å². The molecule has 0 saturated carbocycles. The van der Waals surface area contributed by atoms with Crippen LogP contribution in [0.25, 0.3) is 10.8 Å². The van der Waals surface area contributed by atoms with Crippen molar-refractivity contribution in [3.63, 3.8) is 0 Å². The molecule has 1 amide bonds. The molecule has 0 atom stereocenters. The Labute approximate surface area is 148 Å². The zero-order chi connectivity index (χ0) is 18.0. The van der Waals surface area contributed by atoms with Crippen molar-refractivity contribution in [2.24, 2.45) is 12.1 Å². The molecule has 1 aromatic heterocycles. The minimum atomic E-state index is -0.486. The zero-order valence-electron chi connectivity index (χ0n) is 13.7. The highest BCUT2D eigenvalue weighted by Crippen LogP contribution is 2.13. The normalized spacial score (nSPS) is 11.6. The predicted octanol–water partition coefficient (Wildman–Crippen LogP) is 2.74. The fourth-order valence-electron chi connectivity index (χ4n) is 2.41. The molecule has 0 radical (unpaired) electrons. The molecule has 126 valence electrons. The van der Waals surface area contributed by atoms with E-state index in [0.29, 0.717) is 21.5 Å². The van der Waals surface area contributed by atoms with Crippen molar-refractivity contribution >= 4 is 34.0 Å². The third kappa shape index (κ3) is 3.44. The van der Waals surface area contributed by atoms with Crippen molar-refractivity contribution in [1.82, 2.24) is 15.2 Å². The van der Waals surface area contributed by atoms with Crippen LogP contribution in [-0.4, -0.2) is 21.4 Å². The molecule has 0 aliphatic carbocycles. The second kappa shape index (κ2) is 6.86. The van der Waals surface area contributed by atoms with Gasteiger partial charge in [0.2, 0.25) is 0 Å². The number of carbonyl (C=O) groups excluding carboxylic acids is 1. The van der Waals surface area contributed by atoms with E-state index >= 15 is 0 Å². The number of benzene rings is 2. The Bertz CT molecular complexity index is 1040. The fourth-order valence-corrected chi connectivity index (χ4v) is 2.54. The highest BCUT2D eigenvalue weighted by molar-refractivity contribution is 6.30. The summed E-state index contributed by atoms with van der Waals surface area (Å²) in [5.41, 5.74) is 3.84. The van der Waals surface area contributed by atoms with Crippen LogP contribution in [0.1, 0.15) is 23.0 Å². The number of aromatic nitrogens is 2. The lowest BCUT2D eigenvalue weighted by Crippen LogP contribution is -2.27. The summed E-state index contributed by atoms with van der Waals surface area (Å²) in [6, 6.07) is 14.0. The van der Waals surface area contributed by atoms with E-state index in [9.17, 15) is 9.59 Å². The first-order valence-electron chi connectivity index (χ1n) is 7.54. The van der Waals surface area contributed by atoms with E-state index in [1.807, 2.05) is 12.1 Å². The van der Waals surface area contributed by atoms with Crippen LogP contribution < -0.4 is 11.0 Å². The Kier molecular flexibility index (Phi) is 4.63. The van der Waals surface area contributed by atoms with Crippen LogP contribution in [0.5, 0.6) is 0 Å². The summed E-state index contributed by atoms with van der Waals surface area (Å²) in [5, 5.41) is 9.72. The molecule has 0 bridgehead atoms. The first-order valence-corrected chi connectivity index (χ1v) is 7.92. The van der Waals surface area contributed by atoms with Crippen molar-refractivity contribution in [1.29, 1.82) is 0 Å². The van der Waals surface area contributed by atoms with Gasteiger partial charge in [-0.25, -0.2) is 10.1 Å². The molecule has 3 aromatic rings. The monoisotopic (exact) mass is 354 g/mol. The maximum Gasteiger partial charge on any atom is 0.292 e. The standard InChI is InChI=1S/C18H15ClN4O2/c1-11(12-7-9-13(19)10-8-12)20-21-17(24)16-14-5-3-4-6-15(14)18(25)23(2)22-16/h3-10H,1-2H3,(H,21,24)/b20-11-. The van der Waals surface area contributed by atoms with Crippen LogP contribution >= 0.6 is 11.6 Å². The van der Waals surface area contributed by atoms with Gasteiger partial charge in [0.15, 0.2) is 5.69 Å². The minimum Gasteiger partial charge on any atom is -0.267 e. The highest BCUT2D eigenvalue weighted by Gasteiger charge is 2.15. The van der Waals surface area contributed by atoms with Gasteiger partial charge in [0, 0.05) is 17.5 Å². The van der Waals surface area contributed by atoms with Gasteiger partial charge in [0.25, 0.3) is 11.5 Å². The number of carbonyl (C=O) groups is 1. The average molecular weight is 355 g/mol. The molecule has 0 spiro atoms. The lowest BCUT2D eigenvalue weighted by atomic mass is 10.1. The Hall–Kier alpha value is -2.99. The highest BCUT2D eigenvalue weighted by atomic mass is 35.5. The fraction of sp³-hybridized carbons (Fsp3) is 0.111. The number of nitrogens with zero attached hydrogens (tertiary/aromatic N) is 3. The maximum atomic E-state index is 12.5.